The summed E-state index contributed by atoms with van der Waals surface area (Å²) in [6, 6.07) is 6.62. The van der Waals surface area contributed by atoms with Gasteiger partial charge in [0.25, 0.3) is 0 Å². The molecule has 3 nitrogen and oxygen atoms in total. The number of benzene rings is 1. The highest BCUT2D eigenvalue weighted by Crippen LogP contribution is 2.32. The van der Waals surface area contributed by atoms with Gasteiger partial charge in [-0.1, -0.05) is 0 Å². The first-order valence-electron chi connectivity index (χ1n) is 4.94. The van der Waals surface area contributed by atoms with Crippen molar-refractivity contribution >= 4 is 5.69 Å². The second kappa shape index (κ2) is 3.88. The molecule has 1 aliphatic heterocycles. The van der Waals surface area contributed by atoms with Gasteiger partial charge in [-0.2, -0.15) is 0 Å². The molecule has 2 N–H and O–H groups in total. The lowest BCUT2D eigenvalue weighted by Gasteiger charge is -2.26. The number of methoxy groups -OCH3 is 1. The summed E-state index contributed by atoms with van der Waals surface area (Å²) in [5.41, 5.74) is 2.52. The van der Waals surface area contributed by atoms with Crippen molar-refractivity contribution in [2.75, 3.05) is 26.0 Å². The average molecular weight is 192 g/mol. The number of hydrogen-bond donors (Lipinski definition) is 2. The molecular formula is C11H16N2O. The zero-order chi connectivity index (χ0) is 9.97. The van der Waals surface area contributed by atoms with Gasteiger partial charge in [0.05, 0.1) is 7.11 Å². The summed E-state index contributed by atoms with van der Waals surface area (Å²) < 4.78 is 5.22. The summed E-state index contributed by atoms with van der Waals surface area (Å²) in [4.78, 5) is 0. The van der Waals surface area contributed by atoms with Gasteiger partial charge >= 0.3 is 0 Å². The van der Waals surface area contributed by atoms with Crippen molar-refractivity contribution in [3.05, 3.63) is 23.8 Å². The number of fused-ring (bicyclic) bond motifs is 1. The number of rotatable bonds is 2. The fourth-order valence-electron chi connectivity index (χ4n) is 1.92. The SMILES string of the molecule is CNC1CCNc2ccc(OC)cc21. The van der Waals surface area contributed by atoms with Gasteiger partial charge in [0.1, 0.15) is 5.75 Å². The predicted molar refractivity (Wildman–Crippen MR) is 57.9 cm³/mol. The highest BCUT2D eigenvalue weighted by molar-refractivity contribution is 5.57. The van der Waals surface area contributed by atoms with Crippen molar-refractivity contribution in [1.82, 2.24) is 5.32 Å². The minimum absolute atomic E-state index is 0.446. The van der Waals surface area contributed by atoms with E-state index < -0.39 is 0 Å². The molecule has 0 spiro atoms. The maximum Gasteiger partial charge on any atom is 0.119 e. The Kier molecular flexibility index (Phi) is 2.59. The summed E-state index contributed by atoms with van der Waals surface area (Å²) in [5.74, 6) is 0.924. The Morgan fingerprint density at radius 1 is 1.50 bits per heavy atom. The number of anilines is 1. The molecule has 1 unspecified atom stereocenters. The van der Waals surface area contributed by atoms with Crippen molar-refractivity contribution in [2.45, 2.75) is 12.5 Å². The molecule has 0 amide bonds. The molecule has 1 atom stereocenters. The summed E-state index contributed by atoms with van der Waals surface area (Å²) in [6.45, 7) is 1.03. The van der Waals surface area contributed by atoms with Gasteiger partial charge in [0, 0.05) is 18.3 Å². The van der Waals surface area contributed by atoms with Gasteiger partial charge in [0.15, 0.2) is 0 Å². The van der Waals surface area contributed by atoms with Gasteiger partial charge in [-0.25, -0.2) is 0 Å². The molecule has 0 fully saturated rings. The Morgan fingerprint density at radius 2 is 2.36 bits per heavy atom. The first-order chi connectivity index (χ1) is 6.85. The van der Waals surface area contributed by atoms with Gasteiger partial charge in [0.2, 0.25) is 0 Å². The fraction of sp³-hybridized carbons (Fsp3) is 0.455. The van der Waals surface area contributed by atoms with Crippen LogP contribution in [0.2, 0.25) is 0 Å². The highest BCUT2D eigenvalue weighted by atomic mass is 16.5. The number of hydrogen-bond acceptors (Lipinski definition) is 3. The highest BCUT2D eigenvalue weighted by Gasteiger charge is 2.18. The van der Waals surface area contributed by atoms with Crippen LogP contribution < -0.4 is 15.4 Å². The third-order valence-corrected chi connectivity index (χ3v) is 2.73. The maximum atomic E-state index is 5.22. The molecular weight excluding hydrogens is 176 g/mol. The van der Waals surface area contributed by atoms with E-state index in [1.165, 1.54) is 11.3 Å². The molecule has 1 aromatic rings. The van der Waals surface area contributed by atoms with E-state index in [0.717, 1.165) is 18.7 Å². The molecule has 76 valence electrons. The molecule has 0 saturated heterocycles. The molecule has 1 aromatic carbocycles. The van der Waals surface area contributed by atoms with Crippen molar-refractivity contribution < 1.29 is 4.74 Å². The topological polar surface area (TPSA) is 33.3 Å². The summed E-state index contributed by atoms with van der Waals surface area (Å²) in [7, 11) is 3.70. The normalized spacial score (nSPS) is 19.7. The average Bonchev–Trinajstić information content (AvgIpc) is 2.27. The van der Waals surface area contributed by atoms with Crippen LogP contribution in [0.5, 0.6) is 5.75 Å². The summed E-state index contributed by atoms with van der Waals surface area (Å²) in [5, 5.41) is 6.70. The monoisotopic (exact) mass is 192 g/mol. The standard InChI is InChI=1S/C11H16N2O/c1-12-10-5-6-13-11-4-3-8(14-2)7-9(10)11/h3-4,7,10,12-13H,5-6H2,1-2H3. The van der Waals surface area contributed by atoms with Crippen LogP contribution in [0.4, 0.5) is 5.69 Å². The van der Waals surface area contributed by atoms with Crippen molar-refractivity contribution in [3.63, 3.8) is 0 Å². The lowest BCUT2D eigenvalue weighted by molar-refractivity contribution is 0.412. The first kappa shape index (κ1) is 9.34. The molecule has 0 aromatic heterocycles. The first-order valence-corrected chi connectivity index (χ1v) is 4.94. The van der Waals surface area contributed by atoms with Crippen molar-refractivity contribution in [2.24, 2.45) is 0 Å². The molecule has 0 saturated carbocycles. The third-order valence-electron chi connectivity index (χ3n) is 2.73. The zero-order valence-electron chi connectivity index (χ0n) is 8.63. The Hall–Kier alpha value is -1.22. The number of nitrogens with one attached hydrogen (secondary N) is 2. The van der Waals surface area contributed by atoms with Crippen LogP contribution in [-0.2, 0) is 0 Å². The van der Waals surface area contributed by atoms with Crippen LogP contribution in [0, 0.1) is 0 Å². The van der Waals surface area contributed by atoms with E-state index in [1.54, 1.807) is 7.11 Å². The van der Waals surface area contributed by atoms with E-state index in [9.17, 15) is 0 Å². The minimum Gasteiger partial charge on any atom is -0.497 e. The molecule has 0 bridgehead atoms. The maximum absolute atomic E-state index is 5.22. The fourth-order valence-corrected chi connectivity index (χ4v) is 1.92. The van der Waals surface area contributed by atoms with E-state index in [4.69, 9.17) is 4.74 Å². The Morgan fingerprint density at radius 3 is 3.07 bits per heavy atom. The van der Waals surface area contributed by atoms with Crippen LogP contribution >= 0.6 is 0 Å². The summed E-state index contributed by atoms with van der Waals surface area (Å²) >= 11 is 0. The van der Waals surface area contributed by atoms with Gasteiger partial charge in [-0.15, -0.1) is 0 Å². The van der Waals surface area contributed by atoms with Gasteiger partial charge in [-0.3, -0.25) is 0 Å². The lowest BCUT2D eigenvalue weighted by Crippen LogP contribution is -2.25. The van der Waals surface area contributed by atoms with Crippen LogP contribution in [-0.4, -0.2) is 20.7 Å². The van der Waals surface area contributed by atoms with Crippen LogP contribution in [0.1, 0.15) is 18.0 Å². The lowest BCUT2D eigenvalue weighted by atomic mass is 9.98. The molecule has 1 heterocycles. The molecule has 1 aliphatic rings. The molecule has 2 rings (SSSR count). The molecule has 0 aliphatic carbocycles. The predicted octanol–water partition coefficient (Wildman–Crippen LogP) is 1.77. The van der Waals surface area contributed by atoms with E-state index >= 15 is 0 Å². The van der Waals surface area contributed by atoms with Crippen LogP contribution in [0.3, 0.4) is 0 Å². The Balaban J connectivity index is 2.38. The minimum atomic E-state index is 0.446. The van der Waals surface area contributed by atoms with E-state index in [0.29, 0.717) is 6.04 Å². The number of ether oxygens (including phenoxy) is 1. The molecule has 14 heavy (non-hydrogen) atoms. The van der Waals surface area contributed by atoms with E-state index in [1.807, 2.05) is 13.1 Å². The largest absolute Gasteiger partial charge is 0.497 e. The molecule has 0 radical (unpaired) electrons. The third kappa shape index (κ3) is 1.55. The van der Waals surface area contributed by atoms with Gasteiger partial charge < -0.3 is 15.4 Å². The van der Waals surface area contributed by atoms with Crippen molar-refractivity contribution in [1.29, 1.82) is 0 Å². The Bertz CT molecular complexity index is 325. The second-order valence-corrected chi connectivity index (χ2v) is 3.51. The van der Waals surface area contributed by atoms with Gasteiger partial charge in [-0.05, 0) is 37.2 Å². The van der Waals surface area contributed by atoms with E-state index in [2.05, 4.69) is 22.8 Å². The molecule has 3 heteroatoms. The van der Waals surface area contributed by atoms with Crippen LogP contribution in [0.25, 0.3) is 0 Å². The smallest absolute Gasteiger partial charge is 0.119 e. The quantitative estimate of drug-likeness (QED) is 0.749. The Labute approximate surface area is 84.5 Å². The van der Waals surface area contributed by atoms with Crippen molar-refractivity contribution in [3.8, 4) is 5.75 Å². The van der Waals surface area contributed by atoms with E-state index in [-0.39, 0.29) is 0 Å². The second-order valence-electron chi connectivity index (χ2n) is 3.51. The van der Waals surface area contributed by atoms with Crippen LogP contribution in [0.15, 0.2) is 18.2 Å². The zero-order valence-corrected chi connectivity index (χ0v) is 8.63. The summed E-state index contributed by atoms with van der Waals surface area (Å²) in [6.07, 6.45) is 1.12.